The van der Waals surface area contributed by atoms with Crippen LogP contribution < -0.4 is 5.32 Å². The van der Waals surface area contributed by atoms with Crippen LogP contribution in [0.5, 0.6) is 0 Å². The van der Waals surface area contributed by atoms with Crippen molar-refractivity contribution in [3.63, 3.8) is 0 Å². The van der Waals surface area contributed by atoms with Crippen molar-refractivity contribution in [1.82, 2.24) is 19.9 Å². The minimum Gasteiger partial charge on any atom is -0.348 e. The van der Waals surface area contributed by atoms with Crippen LogP contribution in [0.4, 0.5) is 24.8 Å². The molecule has 2 N–H and O–H groups in total. The predicted octanol–water partition coefficient (Wildman–Crippen LogP) is 6.75. The van der Waals surface area contributed by atoms with Crippen LogP contribution in [0.2, 0.25) is 0 Å². The van der Waals surface area contributed by atoms with Crippen LogP contribution >= 0.6 is 0 Å². The number of hydrogen-bond acceptors (Lipinski definition) is 5. The zero-order valence-corrected chi connectivity index (χ0v) is 18.9. The van der Waals surface area contributed by atoms with Gasteiger partial charge in [0.1, 0.15) is 5.65 Å². The molecular weight excluding hydrogens is 457 g/mol. The number of alkyl halides is 3. The number of nitrogens with one attached hydrogen (secondary N) is 2. The number of carbonyl (C=O) groups is 1. The fourth-order valence-corrected chi connectivity index (χ4v) is 3.69. The van der Waals surface area contributed by atoms with E-state index in [0.717, 1.165) is 24.2 Å². The maximum Gasteiger partial charge on any atom is 0.417 e. The van der Waals surface area contributed by atoms with Gasteiger partial charge in [0.25, 0.3) is 0 Å². The highest BCUT2D eigenvalue weighted by molar-refractivity contribution is 5.97. The van der Waals surface area contributed by atoms with Gasteiger partial charge in [-0.15, -0.1) is 0 Å². The van der Waals surface area contributed by atoms with Gasteiger partial charge in [-0.3, -0.25) is 4.79 Å². The van der Waals surface area contributed by atoms with Gasteiger partial charge in [-0.05, 0) is 25.0 Å². The first kappa shape index (κ1) is 23.9. The maximum absolute atomic E-state index is 13.2. The summed E-state index contributed by atoms with van der Waals surface area (Å²) in [5, 5.41) is 3.36. The zero-order chi connectivity index (χ0) is 25.2. The molecule has 1 atom stereocenters. The number of aromatic nitrogens is 4. The molecule has 0 aliphatic rings. The molecule has 7 nitrogen and oxygen atoms in total. The van der Waals surface area contributed by atoms with E-state index in [1.807, 2.05) is 26.0 Å². The fourth-order valence-electron chi connectivity index (χ4n) is 3.69. The van der Waals surface area contributed by atoms with Crippen LogP contribution in [0.3, 0.4) is 0 Å². The van der Waals surface area contributed by atoms with E-state index in [2.05, 4.69) is 30.1 Å². The van der Waals surface area contributed by atoms with Crippen molar-refractivity contribution in [2.45, 2.75) is 38.9 Å². The number of ketones is 1. The molecule has 35 heavy (non-hydrogen) atoms. The topological polar surface area (TPSA) is 87.9 Å². The molecule has 0 amide bonds. The molecule has 1 aromatic carbocycles. The Morgan fingerprint density at radius 3 is 2.60 bits per heavy atom. The van der Waals surface area contributed by atoms with Gasteiger partial charge in [0, 0.05) is 41.5 Å². The highest BCUT2D eigenvalue weighted by Gasteiger charge is 2.31. The fraction of sp³-hybridized carbons (Fsp3) is 0.240. The molecule has 0 fully saturated rings. The molecule has 3 heterocycles. The number of halogens is 3. The highest BCUT2D eigenvalue weighted by Crippen LogP contribution is 2.37. The van der Waals surface area contributed by atoms with Crippen molar-refractivity contribution in [1.29, 1.82) is 0 Å². The minimum atomic E-state index is -4.55. The Bertz CT molecular complexity index is 1420. The number of Topliss-reactive ketones (excluding diaryl/α,β-unsaturated/α-hetero) is 1. The Morgan fingerprint density at radius 1 is 1.20 bits per heavy atom. The minimum absolute atomic E-state index is 0.0873. The SMILES string of the molecule is [C-]#[N+]c1cnc(N[C@H](C)c2ccc(C(=O)CCC)cc2)nc1-c1c[nH]c2ncc(C(F)(F)F)cc12. The largest absolute Gasteiger partial charge is 0.417 e. The number of hydrogen-bond donors (Lipinski definition) is 2. The number of aromatic amines is 1. The van der Waals surface area contributed by atoms with E-state index < -0.39 is 11.7 Å². The average molecular weight is 478 g/mol. The van der Waals surface area contributed by atoms with E-state index in [1.54, 1.807) is 12.1 Å². The average Bonchev–Trinajstić information content (AvgIpc) is 3.27. The number of anilines is 1. The normalized spacial score (nSPS) is 12.3. The third-order valence-electron chi connectivity index (χ3n) is 5.56. The van der Waals surface area contributed by atoms with Crippen LogP contribution in [-0.2, 0) is 6.18 Å². The first-order chi connectivity index (χ1) is 16.7. The maximum atomic E-state index is 13.2. The van der Waals surface area contributed by atoms with Crippen LogP contribution in [0.15, 0.2) is 48.9 Å². The number of carbonyl (C=O) groups excluding carboxylic acids is 1. The van der Waals surface area contributed by atoms with Crippen molar-refractivity contribution in [2.24, 2.45) is 0 Å². The molecule has 0 unspecified atom stereocenters. The molecular formula is C25H21F3N6O. The number of nitrogens with zero attached hydrogens (tertiary/aromatic N) is 4. The first-order valence-corrected chi connectivity index (χ1v) is 10.9. The number of benzene rings is 1. The second kappa shape index (κ2) is 9.54. The van der Waals surface area contributed by atoms with Gasteiger partial charge < -0.3 is 10.3 Å². The van der Waals surface area contributed by atoms with E-state index in [1.165, 1.54) is 12.4 Å². The van der Waals surface area contributed by atoms with Gasteiger partial charge in [0.2, 0.25) is 11.6 Å². The van der Waals surface area contributed by atoms with Gasteiger partial charge in [-0.1, -0.05) is 31.2 Å². The second-order valence-electron chi connectivity index (χ2n) is 8.02. The Kier molecular flexibility index (Phi) is 6.51. The Morgan fingerprint density at radius 2 is 1.94 bits per heavy atom. The molecule has 4 rings (SSSR count). The lowest BCUT2D eigenvalue weighted by atomic mass is 10.0. The predicted molar refractivity (Wildman–Crippen MR) is 126 cm³/mol. The summed E-state index contributed by atoms with van der Waals surface area (Å²) in [6.07, 6.45) is 0.287. The number of H-pyrrole nitrogens is 1. The quantitative estimate of drug-likeness (QED) is 0.227. The molecule has 0 aliphatic heterocycles. The smallest absolute Gasteiger partial charge is 0.348 e. The van der Waals surface area contributed by atoms with E-state index in [0.29, 0.717) is 17.5 Å². The van der Waals surface area contributed by atoms with Gasteiger partial charge in [0.05, 0.1) is 23.9 Å². The Labute approximate surface area is 199 Å². The van der Waals surface area contributed by atoms with Crippen molar-refractivity contribution >= 4 is 28.5 Å². The molecule has 0 spiro atoms. The summed E-state index contributed by atoms with van der Waals surface area (Å²) in [5.74, 6) is 0.296. The molecule has 0 bridgehead atoms. The third-order valence-corrected chi connectivity index (χ3v) is 5.56. The summed E-state index contributed by atoms with van der Waals surface area (Å²) >= 11 is 0. The lowest BCUT2D eigenvalue weighted by Gasteiger charge is -2.15. The van der Waals surface area contributed by atoms with Gasteiger partial charge in [-0.2, -0.15) is 13.2 Å². The molecule has 0 aliphatic carbocycles. The number of pyridine rings is 1. The highest BCUT2D eigenvalue weighted by atomic mass is 19.4. The van der Waals surface area contributed by atoms with Gasteiger partial charge in [0.15, 0.2) is 5.78 Å². The van der Waals surface area contributed by atoms with Crippen LogP contribution in [-0.4, -0.2) is 25.7 Å². The summed E-state index contributed by atoms with van der Waals surface area (Å²) in [7, 11) is 0. The van der Waals surface area contributed by atoms with Crippen LogP contribution in [0.25, 0.3) is 27.1 Å². The van der Waals surface area contributed by atoms with Crippen molar-refractivity contribution < 1.29 is 18.0 Å². The second-order valence-corrected chi connectivity index (χ2v) is 8.02. The van der Waals surface area contributed by atoms with Crippen LogP contribution in [0.1, 0.15) is 54.2 Å². The van der Waals surface area contributed by atoms with Crippen molar-refractivity contribution in [3.8, 4) is 11.3 Å². The molecule has 3 aromatic heterocycles. The third kappa shape index (κ3) is 4.99. The van der Waals surface area contributed by atoms with Crippen molar-refractivity contribution in [3.05, 3.63) is 77.0 Å². The summed E-state index contributed by atoms with van der Waals surface area (Å²) in [4.78, 5) is 30.8. The van der Waals surface area contributed by atoms with E-state index in [4.69, 9.17) is 6.57 Å². The molecule has 0 saturated carbocycles. The van der Waals surface area contributed by atoms with E-state index >= 15 is 0 Å². The summed E-state index contributed by atoms with van der Waals surface area (Å²) in [6, 6.07) is 7.99. The standard InChI is InChI=1S/C25H21F3N6O/c1-4-5-21(35)16-8-6-15(7-9-16)14(2)33-24-32-13-20(29-3)22(34-24)19-12-31-23-18(19)10-17(11-30-23)25(26,27)28/h6-14H,4-5H2,1-2H3,(H,30,31)(H,32,33,34)/t14-/m1/s1. The number of rotatable bonds is 7. The Balaban J connectivity index is 1.65. The summed E-state index contributed by atoms with van der Waals surface area (Å²) < 4.78 is 39.7. The lowest BCUT2D eigenvalue weighted by Crippen LogP contribution is -2.10. The van der Waals surface area contributed by atoms with Gasteiger partial charge in [-0.25, -0.2) is 19.8 Å². The van der Waals surface area contributed by atoms with Crippen LogP contribution in [0, 0.1) is 6.57 Å². The molecule has 178 valence electrons. The zero-order valence-electron chi connectivity index (χ0n) is 18.9. The van der Waals surface area contributed by atoms with E-state index in [9.17, 15) is 18.0 Å². The van der Waals surface area contributed by atoms with Crippen molar-refractivity contribution in [2.75, 3.05) is 5.32 Å². The van der Waals surface area contributed by atoms with E-state index in [-0.39, 0.29) is 40.2 Å². The Hall–Kier alpha value is -4.26. The summed E-state index contributed by atoms with van der Waals surface area (Å²) in [5.41, 5.74) is 1.51. The lowest BCUT2D eigenvalue weighted by molar-refractivity contribution is -0.137. The first-order valence-electron chi connectivity index (χ1n) is 10.9. The molecule has 0 radical (unpaired) electrons. The monoisotopic (exact) mass is 478 g/mol. The molecule has 4 aromatic rings. The molecule has 0 saturated heterocycles. The van der Waals surface area contributed by atoms with Gasteiger partial charge >= 0.3 is 6.18 Å². The number of fused-ring (bicyclic) bond motifs is 1. The molecule has 10 heteroatoms. The summed E-state index contributed by atoms with van der Waals surface area (Å²) in [6.45, 7) is 11.3.